The predicted octanol–water partition coefficient (Wildman–Crippen LogP) is 2.76. The molecule has 0 radical (unpaired) electrons. The van der Waals surface area contributed by atoms with Crippen LogP contribution in [0.3, 0.4) is 0 Å². The van der Waals surface area contributed by atoms with Gasteiger partial charge in [0, 0.05) is 18.9 Å². The summed E-state index contributed by atoms with van der Waals surface area (Å²) in [6, 6.07) is 10.1. The highest BCUT2D eigenvalue weighted by Crippen LogP contribution is 2.00. The van der Waals surface area contributed by atoms with Crippen LogP contribution in [0.2, 0.25) is 0 Å². The van der Waals surface area contributed by atoms with Gasteiger partial charge in [0.15, 0.2) is 4.77 Å². The Morgan fingerprint density at radius 2 is 2.06 bits per heavy atom. The van der Waals surface area contributed by atoms with Crippen molar-refractivity contribution in [2.24, 2.45) is 0 Å². The third kappa shape index (κ3) is 3.05. The molecule has 1 aromatic heterocycles. The average Bonchev–Trinajstić information content (AvgIpc) is 2.72. The number of benzene rings is 1. The monoisotopic (exact) mass is 234 g/mol. The molecule has 0 fully saturated rings. The third-order valence-corrected chi connectivity index (χ3v) is 2.66. The summed E-state index contributed by atoms with van der Waals surface area (Å²) in [5, 5.41) is 0. The Hall–Kier alpha value is -1.39. The van der Waals surface area contributed by atoms with Gasteiger partial charge in [0.05, 0.1) is 13.2 Å². The van der Waals surface area contributed by atoms with E-state index in [0.717, 1.165) is 11.3 Å². The SMILES string of the molecule is S=c1[nH]ccn1CCOCc1ccccc1. The van der Waals surface area contributed by atoms with Crippen LogP contribution in [0.5, 0.6) is 0 Å². The van der Waals surface area contributed by atoms with Crippen molar-refractivity contribution in [3.63, 3.8) is 0 Å². The van der Waals surface area contributed by atoms with Gasteiger partial charge in [0.1, 0.15) is 0 Å². The zero-order valence-electron chi connectivity index (χ0n) is 8.93. The highest BCUT2D eigenvalue weighted by molar-refractivity contribution is 7.71. The molecule has 16 heavy (non-hydrogen) atoms. The molecule has 0 atom stereocenters. The minimum atomic E-state index is 0.651. The van der Waals surface area contributed by atoms with Crippen molar-refractivity contribution in [2.75, 3.05) is 6.61 Å². The number of rotatable bonds is 5. The van der Waals surface area contributed by atoms with Gasteiger partial charge in [-0.1, -0.05) is 30.3 Å². The van der Waals surface area contributed by atoms with Crippen molar-refractivity contribution in [1.29, 1.82) is 0 Å². The fourth-order valence-electron chi connectivity index (χ4n) is 1.45. The zero-order chi connectivity index (χ0) is 11.2. The molecular formula is C12H14N2OS. The smallest absolute Gasteiger partial charge is 0.177 e. The normalized spacial score (nSPS) is 10.5. The third-order valence-electron chi connectivity index (χ3n) is 2.31. The molecule has 0 amide bonds. The molecule has 0 bridgehead atoms. The van der Waals surface area contributed by atoms with Crippen molar-refractivity contribution in [3.05, 3.63) is 53.1 Å². The van der Waals surface area contributed by atoms with Crippen LogP contribution in [0, 0.1) is 4.77 Å². The van der Waals surface area contributed by atoms with E-state index in [1.165, 1.54) is 5.56 Å². The van der Waals surface area contributed by atoms with Gasteiger partial charge in [0.25, 0.3) is 0 Å². The van der Waals surface area contributed by atoms with Crippen LogP contribution in [-0.4, -0.2) is 16.2 Å². The van der Waals surface area contributed by atoms with Crippen LogP contribution in [0.25, 0.3) is 0 Å². The van der Waals surface area contributed by atoms with Crippen LogP contribution in [-0.2, 0) is 17.9 Å². The van der Waals surface area contributed by atoms with Gasteiger partial charge in [-0.25, -0.2) is 0 Å². The predicted molar refractivity (Wildman–Crippen MR) is 65.7 cm³/mol. The lowest BCUT2D eigenvalue weighted by atomic mass is 10.2. The number of nitrogens with one attached hydrogen (secondary N) is 1. The quantitative estimate of drug-likeness (QED) is 0.637. The molecule has 3 nitrogen and oxygen atoms in total. The number of aromatic nitrogens is 2. The number of H-pyrrole nitrogens is 1. The standard InChI is InChI=1S/C12H14N2OS/c16-12-13-6-7-14(12)8-9-15-10-11-4-2-1-3-5-11/h1-7H,8-10H2,(H,13,16). The molecule has 84 valence electrons. The fourth-order valence-corrected chi connectivity index (χ4v) is 1.67. The van der Waals surface area contributed by atoms with Crippen LogP contribution >= 0.6 is 12.2 Å². The number of aromatic amines is 1. The first-order chi connectivity index (χ1) is 7.86. The Morgan fingerprint density at radius 1 is 1.25 bits per heavy atom. The summed E-state index contributed by atoms with van der Waals surface area (Å²) in [5.41, 5.74) is 1.19. The van der Waals surface area contributed by atoms with Crippen molar-refractivity contribution in [3.8, 4) is 0 Å². The van der Waals surface area contributed by atoms with E-state index >= 15 is 0 Å². The minimum absolute atomic E-state index is 0.651. The Bertz CT molecular complexity index is 475. The lowest BCUT2D eigenvalue weighted by molar-refractivity contribution is 0.113. The maximum Gasteiger partial charge on any atom is 0.177 e. The first-order valence-corrected chi connectivity index (χ1v) is 5.62. The molecule has 1 heterocycles. The van der Waals surface area contributed by atoms with Crippen molar-refractivity contribution in [1.82, 2.24) is 9.55 Å². The maximum absolute atomic E-state index is 5.57. The fraction of sp³-hybridized carbons (Fsp3) is 0.250. The summed E-state index contributed by atoms with van der Waals surface area (Å²) in [4.78, 5) is 2.95. The van der Waals surface area contributed by atoms with Gasteiger partial charge in [-0.05, 0) is 17.8 Å². The van der Waals surface area contributed by atoms with Gasteiger partial charge in [0.2, 0.25) is 0 Å². The average molecular weight is 234 g/mol. The Kier molecular flexibility index (Phi) is 3.91. The lowest BCUT2D eigenvalue weighted by Gasteiger charge is -2.04. The summed E-state index contributed by atoms with van der Waals surface area (Å²) >= 11 is 5.08. The van der Waals surface area contributed by atoms with E-state index < -0.39 is 0 Å². The van der Waals surface area contributed by atoms with Crippen LogP contribution < -0.4 is 0 Å². The molecule has 0 saturated carbocycles. The second-order valence-corrected chi connectivity index (χ2v) is 3.88. The van der Waals surface area contributed by atoms with Crippen LogP contribution in [0.1, 0.15) is 5.56 Å². The Balaban J connectivity index is 1.74. The highest BCUT2D eigenvalue weighted by atomic mass is 32.1. The molecule has 1 N–H and O–H groups in total. The molecule has 4 heteroatoms. The molecule has 0 unspecified atom stereocenters. The molecule has 0 saturated heterocycles. The van der Waals surface area contributed by atoms with Crippen molar-refractivity contribution in [2.45, 2.75) is 13.2 Å². The second kappa shape index (κ2) is 5.63. The Labute approximate surface area is 99.7 Å². The van der Waals surface area contributed by atoms with E-state index in [4.69, 9.17) is 17.0 Å². The summed E-state index contributed by atoms with van der Waals surface area (Å²) < 4.78 is 8.26. The summed E-state index contributed by atoms with van der Waals surface area (Å²) in [5.74, 6) is 0. The number of imidazole rings is 1. The van der Waals surface area contributed by atoms with E-state index in [9.17, 15) is 0 Å². The van der Waals surface area contributed by atoms with E-state index in [2.05, 4.69) is 17.1 Å². The van der Waals surface area contributed by atoms with E-state index in [1.807, 2.05) is 35.2 Å². The molecule has 2 rings (SSSR count). The Morgan fingerprint density at radius 3 is 2.75 bits per heavy atom. The second-order valence-electron chi connectivity index (χ2n) is 3.50. The molecule has 0 aliphatic heterocycles. The highest BCUT2D eigenvalue weighted by Gasteiger charge is 1.94. The first-order valence-electron chi connectivity index (χ1n) is 5.22. The molecule has 0 aliphatic rings. The van der Waals surface area contributed by atoms with E-state index in [0.29, 0.717) is 13.2 Å². The number of nitrogens with zero attached hydrogens (tertiary/aromatic N) is 1. The van der Waals surface area contributed by atoms with E-state index in [-0.39, 0.29) is 0 Å². The largest absolute Gasteiger partial charge is 0.375 e. The van der Waals surface area contributed by atoms with Crippen LogP contribution in [0.4, 0.5) is 0 Å². The van der Waals surface area contributed by atoms with Crippen LogP contribution in [0.15, 0.2) is 42.7 Å². The molecule has 2 aromatic rings. The number of hydrogen-bond acceptors (Lipinski definition) is 2. The molecule has 0 aliphatic carbocycles. The van der Waals surface area contributed by atoms with Gasteiger partial charge in [-0.15, -0.1) is 0 Å². The summed E-state index contributed by atoms with van der Waals surface area (Å²) in [6.45, 7) is 2.11. The zero-order valence-corrected chi connectivity index (χ0v) is 9.74. The van der Waals surface area contributed by atoms with Crippen molar-refractivity contribution >= 4 is 12.2 Å². The van der Waals surface area contributed by atoms with Gasteiger partial charge in [-0.2, -0.15) is 0 Å². The minimum Gasteiger partial charge on any atom is -0.375 e. The summed E-state index contributed by atoms with van der Waals surface area (Å²) in [7, 11) is 0. The number of hydrogen-bond donors (Lipinski definition) is 1. The maximum atomic E-state index is 5.57. The topological polar surface area (TPSA) is 29.9 Å². The van der Waals surface area contributed by atoms with Gasteiger partial charge >= 0.3 is 0 Å². The molecule has 0 spiro atoms. The van der Waals surface area contributed by atoms with Crippen molar-refractivity contribution < 1.29 is 4.74 Å². The van der Waals surface area contributed by atoms with Gasteiger partial charge in [-0.3, -0.25) is 0 Å². The summed E-state index contributed by atoms with van der Waals surface area (Å²) in [6.07, 6.45) is 3.76. The lowest BCUT2D eigenvalue weighted by Crippen LogP contribution is -2.05. The molecular weight excluding hydrogens is 220 g/mol. The molecule has 1 aromatic carbocycles. The first kappa shape index (κ1) is 11.1. The number of ether oxygens (including phenoxy) is 1. The van der Waals surface area contributed by atoms with Gasteiger partial charge < -0.3 is 14.3 Å². The van der Waals surface area contributed by atoms with E-state index in [1.54, 1.807) is 0 Å².